The van der Waals surface area contributed by atoms with Crippen molar-refractivity contribution in [3.05, 3.63) is 34.4 Å². The Morgan fingerprint density at radius 1 is 1.47 bits per heavy atom. The number of piperidine rings is 1. The highest BCUT2D eigenvalue weighted by Crippen LogP contribution is 2.30. The van der Waals surface area contributed by atoms with E-state index in [1.54, 1.807) is 12.1 Å². The van der Waals surface area contributed by atoms with Crippen LogP contribution in [0.5, 0.6) is 0 Å². The van der Waals surface area contributed by atoms with Crippen LogP contribution in [0.1, 0.15) is 12.8 Å². The van der Waals surface area contributed by atoms with Crippen molar-refractivity contribution in [3.63, 3.8) is 0 Å². The molecule has 1 atom stereocenters. The number of nitrogens with zero attached hydrogens (tertiary/aromatic N) is 2. The smallest absolute Gasteiger partial charge is 0.292 e. The Morgan fingerprint density at radius 3 is 2.94 bits per heavy atom. The Bertz CT molecular complexity index is 408. The maximum absolute atomic E-state index is 10.9. The molecule has 1 N–H and O–H groups in total. The average Bonchev–Trinajstić information content (AvgIpc) is 2.39. The number of benzene rings is 1. The molecule has 1 aliphatic heterocycles. The quantitative estimate of drug-likeness (QED) is 0.642. The molecule has 2 rings (SSSR count). The number of aliphatic hydroxyl groups excluding tert-OH is 1. The number of rotatable bonds is 3. The fourth-order valence-electron chi connectivity index (χ4n) is 2.32. The first-order valence-electron chi connectivity index (χ1n) is 5.81. The van der Waals surface area contributed by atoms with Gasteiger partial charge in [-0.3, -0.25) is 10.1 Å². The lowest BCUT2D eigenvalue weighted by Gasteiger charge is -2.33. The average molecular weight is 236 g/mol. The molecule has 1 aliphatic rings. The van der Waals surface area contributed by atoms with E-state index in [0.29, 0.717) is 12.2 Å². The number of nitro benzene ring substituents is 1. The summed E-state index contributed by atoms with van der Waals surface area (Å²) in [5.41, 5.74) is 0.807. The van der Waals surface area contributed by atoms with Gasteiger partial charge < -0.3 is 10.0 Å². The highest BCUT2D eigenvalue weighted by atomic mass is 16.6. The topological polar surface area (TPSA) is 66.6 Å². The molecule has 0 aromatic heterocycles. The van der Waals surface area contributed by atoms with Crippen molar-refractivity contribution in [2.75, 3.05) is 24.6 Å². The molecule has 1 unspecified atom stereocenters. The van der Waals surface area contributed by atoms with Gasteiger partial charge in [0, 0.05) is 25.8 Å². The molecule has 0 spiro atoms. The predicted molar refractivity (Wildman–Crippen MR) is 65.1 cm³/mol. The second-order valence-electron chi connectivity index (χ2n) is 4.38. The van der Waals surface area contributed by atoms with Crippen LogP contribution in [0.15, 0.2) is 24.3 Å². The van der Waals surface area contributed by atoms with Crippen molar-refractivity contribution in [1.29, 1.82) is 0 Å². The lowest BCUT2D eigenvalue weighted by molar-refractivity contribution is -0.384. The molecule has 0 bridgehead atoms. The molecule has 0 amide bonds. The van der Waals surface area contributed by atoms with Crippen LogP contribution < -0.4 is 4.90 Å². The maximum Gasteiger partial charge on any atom is 0.292 e. The summed E-state index contributed by atoms with van der Waals surface area (Å²) in [5.74, 6) is 0.226. The van der Waals surface area contributed by atoms with E-state index in [0.717, 1.165) is 19.4 Å². The molecule has 17 heavy (non-hydrogen) atoms. The van der Waals surface area contributed by atoms with Crippen molar-refractivity contribution in [1.82, 2.24) is 0 Å². The Kier molecular flexibility index (Phi) is 3.58. The number of hydrogen-bond acceptors (Lipinski definition) is 4. The summed E-state index contributed by atoms with van der Waals surface area (Å²) in [6.45, 7) is 1.67. The van der Waals surface area contributed by atoms with E-state index in [1.165, 1.54) is 6.07 Å². The molecule has 0 radical (unpaired) electrons. The zero-order valence-corrected chi connectivity index (χ0v) is 9.58. The normalized spacial score (nSPS) is 20.3. The number of hydrogen-bond donors (Lipinski definition) is 1. The second kappa shape index (κ2) is 5.14. The summed E-state index contributed by atoms with van der Waals surface area (Å²) in [6, 6.07) is 6.79. The predicted octanol–water partition coefficient (Wildman–Crippen LogP) is 1.80. The molecule has 0 aliphatic carbocycles. The van der Waals surface area contributed by atoms with E-state index in [2.05, 4.69) is 0 Å². The minimum Gasteiger partial charge on any atom is -0.396 e. The molecule has 92 valence electrons. The summed E-state index contributed by atoms with van der Waals surface area (Å²) in [6.07, 6.45) is 1.96. The minimum absolute atomic E-state index is 0.145. The summed E-state index contributed by atoms with van der Waals surface area (Å²) < 4.78 is 0. The molecule has 5 nitrogen and oxygen atoms in total. The fraction of sp³-hybridized carbons (Fsp3) is 0.500. The van der Waals surface area contributed by atoms with Gasteiger partial charge in [-0.1, -0.05) is 12.1 Å². The van der Waals surface area contributed by atoms with Gasteiger partial charge in [-0.2, -0.15) is 0 Å². The maximum atomic E-state index is 10.9. The highest BCUT2D eigenvalue weighted by Gasteiger charge is 2.24. The van der Waals surface area contributed by atoms with E-state index < -0.39 is 0 Å². The third kappa shape index (κ3) is 2.55. The van der Waals surface area contributed by atoms with E-state index in [1.807, 2.05) is 11.0 Å². The lowest BCUT2D eigenvalue weighted by atomic mass is 9.98. The molecular formula is C12H16N2O3. The Hall–Kier alpha value is -1.62. The molecule has 0 saturated carbocycles. The summed E-state index contributed by atoms with van der Waals surface area (Å²) in [5, 5.41) is 20.1. The molecule has 1 fully saturated rings. The van der Waals surface area contributed by atoms with Gasteiger partial charge >= 0.3 is 0 Å². The van der Waals surface area contributed by atoms with Crippen LogP contribution >= 0.6 is 0 Å². The van der Waals surface area contributed by atoms with Gasteiger partial charge in [0.2, 0.25) is 0 Å². The van der Waals surface area contributed by atoms with Gasteiger partial charge in [0.05, 0.1) is 4.92 Å². The molecule has 1 aromatic carbocycles. The van der Waals surface area contributed by atoms with Crippen LogP contribution in [0.3, 0.4) is 0 Å². The first kappa shape index (κ1) is 11.9. The van der Waals surface area contributed by atoms with Crippen LogP contribution in [0.25, 0.3) is 0 Å². The summed E-state index contributed by atoms with van der Waals surface area (Å²) >= 11 is 0. The second-order valence-corrected chi connectivity index (χ2v) is 4.38. The fourth-order valence-corrected chi connectivity index (χ4v) is 2.32. The Balaban J connectivity index is 2.24. The standard InChI is InChI=1S/C12H16N2O3/c15-9-10-4-3-7-13(8-10)11-5-1-2-6-12(11)14(16)17/h1-2,5-6,10,15H,3-4,7-9H2. The third-order valence-corrected chi connectivity index (χ3v) is 3.20. The van der Waals surface area contributed by atoms with E-state index in [4.69, 9.17) is 0 Å². The van der Waals surface area contributed by atoms with Crippen molar-refractivity contribution in [3.8, 4) is 0 Å². The van der Waals surface area contributed by atoms with Gasteiger partial charge in [0.15, 0.2) is 0 Å². The zero-order chi connectivity index (χ0) is 12.3. The monoisotopic (exact) mass is 236 g/mol. The van der Waals surface area contributed by atoms with Crippen LogP contribution in [0, 0.1) is 16.0 Å². The Labute approximate surface area is 99.8 Å². The largest absolute Gasteiger partial charge is 0.396 e. The van der Waals surface area contributed by atoms with Crippen LogP contribution in [0.2, 0.25) is 0 Å². The Morgan fingerprint density at radius 2 is 2.24 bits per heavy atom. The van der Waals surface area contributed by atoms with Crippen molar-refractivity contribution < 1.29 is 10.0 Å². The number of nitro groups is 1. The number of aliphatic hydroxyl groups is 1. The van der Waals surface area contributed by atoms with E-state index in [9.17, 15) is 15.2 Å². The number of para-hydroxylation sites is 2. The van der Waals surface area contributed by atoms with E-state index in [-0.39, 0.29) is 23.1 Å². The summed E-state index contributed by atoms with van der Waals surface area (Å²) in [7, 11) is 0. The van der Waals surface area contributed by atoms with Gasteiger partial charge in [-0.05, 0) is 24.8 Å². The third-order valence-electron chi connectivity index (χ3n) is 3.20. The van der Waals surface area contributed by atoms with Crippen molar-refractivity contribution in [2.45, 2.75) is 12.8 Å². The lowest BCUT2D eigenvalue weighted by Crippen LogP contribution is -2.37. The SMILES string of the molecule is O=[N+]([O-])c1ccccc1N1CCCC(CO)C1. The molecule has 1 heterocycles. The first-order valence-corrected chi connectivity index (χ1v) is 5.81. The van der Waals surface area contributed by atoms with Crippen LogP contribution in [-0.4, -0.2) is 29.7 Å². The number of anilines is 1. The molecule has 1 saturated heterocycles. The van der Waals surface area contributed by atoms with E-state index >= 15 is 0 Å². The van der Waals surface area contributed by atoms with Gasteiger partial charge in [0.1, 0.15) is 5.69 Å². The van der Waals surface area contributed by atoms with Gasteiger partial charge in [-0.25, -0.2) is 0 Å². The van der Waals surface area contributed by atoms with Crippen LogP contribution in [-0.2, 0) is 0 Å². The van der Waals surface area contributed by atoms with Gasteiger partial charge in [-0.15, -0.1) is 0 Å². The zero-order valence-electron chi connectivity index (χ0n) is 9.58. The minimum atomic E-state index is -0.349. The highest BCUT2D eigenvalue weighted by molar-refractivity contribution is 5.63. The molecular weight excluding hydrogens is 220 g/mol. The van der Waals surface area contributed by atoms with Crippen LogP contribution in [0.4, 0.5) is 11.4 Å². The first-order chi connectivity index (χ1) is 8.22. The van der Waals surface area contributed by atoms with Crippen molar-refractivity contribution in [2.24, 2.45) is 5.92 Å². The molecule has 5 heteroatoms. The molecule has 1 aromatic rings. The summed E-state index contributed by atoms with van der Waals surface area (Å²) in [4.78, 5) is 12.6. The van der Waals surface area contributed by atoms with Crippen molar-refractivity contribution >= 4 is 11.4 Å². The van der Waals surface area contributed by atoms with Gasteiger partial charge in [0.25, 0.3) is 5.69 Å².